The number of rotatable bonds is 6. The lowest BCUT2D eigenvalue weighted by molar-refractivity contribution is 0.0685. The molecule has 1 aromatic carbocycles. The van der Waals surface area contributed by atoms with Crippen molar-refractivity contribution < 1.29 is 27.1 Å². The van der Waals surface area contributed by atoms with Crippen molar-refractivity contribution in [1.82, 2.24) is 4.31 Å². The van der Waals surface area contributed by atoms with Gasteiger partial charge >= 0.3 is 5.97 Å². The summed E-state index contributed by atoms with van der Waals surface area (Å²) in [4.78, 5) is 9.91. The summed E-state index contributed by atoms with van der Waals surface area (Å²) in [7, 11) is -4.26. The highest BCUT2D eigenvalue weighted by atomic mass is 32.2. The molecule has 1 aromatic rings. The van der Waals surface area contributed by atoms with Crippen LogP contribution in [0.5, 0.6) is 0 Å². The van der Waals surface area contributed by atoms with Gasteiger partial charge in [-0.25, -0.2) is 22.0 Å². The molecule has 0 aliphatic rings. The molecular formula is C12H13F2NO4S. The van der Waals surface area contributed by atoms with Gasteiger partial charge in [0.15, 0.2) is 5.82 Å². The van der Waals surface area contributed by atoms with Gasteiger partial charge in [-0.3, -0.25) is 0 Å². The number of hydrogen-bond donors (Lipinski definition) is 1. The van der Waals surface area contributed by atoms with Gasteiger partial charge in [0, 0.05) is 13.1 Å². The number of nitrogens with zero attached hydrogens (tertiary/aromatic N) is 1. The van der Waals surface area contributed by atoms with Crippen LogP contribution in [0, 0.1) is 11.6 Å². The van der Waals surface area contributed by atoms with Crippen LogP contribution in [0.25, 0.3) is 0 Å². The number of carboxylic acids is 1. The second-order valence-corrected chi connectivity index (χ2v) is 5.69. The summed E-state index contributed by atoms with van der Waals surface area (Å²) >= 11 is 0. The van der Waals surface area contributed by atoms with E-state index in [0.29, 0.717) is 12.1 Å². The Bertz CT molecular complexity index is 643. The molecule has 8 heteroatoms. The summed E-state index contributed by atoms with van der Waals surface area (Å²) in [5, 5.41) is 8.73. The third kappa shape index (κ3) is 2.86. The van der Waals surface area contributed by atoms with Gasteiger partial charge in [-0.1, -0.05) is 13.0 Å². The van der Waals surface area contributed by atoms with Crippen LogP contribution < -0.4 is 0 Å². The van der Waals surface area contributed by atoms with Crippen LogP contribution in [0.2, 0.25) is 0 Å². The lowest BCUT2D eigenvalue weighted by Gasteiger charge is -2.19. The van der Waals surface area contributed by atoms with E-state index in [0.717, 1.165) is 4.31 Å². The van der Waals surface area contributed by atoms with Crippen LogP contribution in [0.3, 0.4) is 0 Å². The van der Waals surface area contributed by atoms with Gasteiger partial charge in [-0.05, 0) is 12.1 Å². The van der Waals surface area contributed by atoms with Gasteiger partial charge < -0.3 is 5.11 Å². The zero-order valence-electron chi connectivity index (χ0n) is 10.6. The number of aromatic carboxylic acids is 1. The first-order valence-corrected chi connectivity index (χ1v) is 7.03. The zero-order chi connectivity index (χ0) is 15.5. The van der Waals surface area contributed by atoms with E-state index in [1.807, 2.05) is 0 Å². The first-order chi connectivity index (χ1) is 9.27. The van der Waals surface area contributed by atoms with E-state index in [1.54, 1.807) is 0 Å². The molecule has 0 spiro atoms. The van der Waals surface area contributed by atoms with Crippen LogP contribution >= 0.6 is 0 Å². The number of carboxylic acid groups (broad SMARTS) is 1. The monoisotopic (exact) mass is 305 g/mol. The van der Waals surface area contributed by atoms with Crippen molar-refractivity contribution in [2.75, 3.05) is 13.1 Å². The Morgan fingerprint density at radius 3 is 2.50 bits per heavy atom. The molecule has 0 radical (unpaired) electrons. The summed E-state index contributed by atoms with van der Waals surface area (Å²) in [5.41, 5.74) is -1.29. The molecule has 0 aliphatic heterocycles. The Hall–Kier alpha value is -1.80. The summed E-state index contributed by atoms with van der Waals surface area (Å²) < 4.78 is 52.5. The molecule has 0 aliphatic carbocycles. The molecule has 0 aromatic heterocycles. The highest BCUT2D eigenvalue weighted by Gasteiger charge is 2.30. The standard InChI is InChI=1S/C12H13F2NO4S/c1-3-7-15(4-2)20(18,19)9-6-5-8(13)10(11(9)14)12(16)17/h3,5-6H,1,4,7H2,2H3,(H,16,17). The zero-order valence-corrected chi connectivity index (χ0v) is 11.5. The maximum absolute atomic E-state index is 14.0. The van der Waals surface area contributed by atoms with Crippen molar-refractivity contribution >= 4 is 16.0 Å². The van der Waals surface area contributed by atoms with Crippen LogP contribution in [0.4, 0.5) is 8.78 Å². The van der Waals surface area contributed by atoms with Crippen molar-refractivity contribution in [3.63, 3.8) is 0 Å². The van der Waals surface area contributed by atoms with Crippen LogP contribution in [-0.4, -0.2) is 36.9 Å². The lowest BCUT2D eigenvalue weighted by atomic mass is 10.2. The summed E-state index contributed by atoms with van der Waals surface area (Å²) in [5.74, 6) is -4.82. The largest absolute Gasteiger partial charge is 0.477 e. The van der Waals surface area contributed by atoms with Gasteiger partial charge in [0.1, 0.15) is 16.3 Å². The maximum Gasteiger partial charge on any atom is 0.341 e. The van der Waals surface area contributed by atoms with Crippen LogP contribution in [-0.2, 0) is 10.0 Å². The fourth-order valence-corrected chi connectivity index (χ4v) is 3.10. The van der Waals surface area contributed by atoms with E-state index in [2.05, 4.69) is 6.58 Å². The molecule has 110 valence electrons. The number of likely N-dealkylation sites (N-methyl/N-ethyl adjacent to an activating group) is 1. The Morgan fingerprint density at radius 1 is 1.45 bits per heavy atom. The number of carbonyl (C=O) groups is 1. The Balaban J connectivity index is 3.51. The molecule has 0 saturated carbocycles. The van der Waals surface area contributed by atoms with E-state index in [-0.39, 0.29) is 13.1 Å². The highest BCUT2D eigenvalue weighted by molar-refractivity contribution is 7.89. The smallest absolute Gasteiger partial charge is 0.341 e. The minimum Gasteiger partial charge on any atom is -0.477 e. The fourth-order valence-electron chi connectivity index (χ4n) is 1.61. The van der Waals surface area contributed by atoms with E-state index >= 15 is 0 Å². The second-order valence-electron chi connectivity index (χ2n) is 3.78. The van der Waals surface area contributed by atoms with E-state index < -0.39 is 38.1 Å². The van der Waals surface area contributed by atoms with Gasteiger partial charge in [0.2, 0.25) is 10.0 Å². The molecule has 0 unspecified atom stereocenters. The predicted octanol–water partition coefficient (Wildman–Crippen LogP) is 1.86. The SMILES string of the molecule is C=CCN(CC)S(=O)(=O)c1ccc(F)c(C(=O)O)c1F. The topological polar surface area (TPSA) is 74.7 Å². The molecule has 0 heterocycles. The number of benzene rings is 1. The average Bonchev–Trinajstić information content (AvgIpc) is 2.34. The van der Waals surface area contributed by atoms with Gasteiger partial charge in [0.05, 0.1) is 0 Å². The predicted molar refractivity (Wildman–Crippen MR) is 67.9 cm³/mol. The number of halogens is 2. The fraction of sp³-hybridized carbons (Fsp3) is 0.250. The van der Waals surface area contributed by atoms with Gasteiger partial charge in [-0.15, -0.1) is 6.58 Å². The second kappa shape index (κ2) is 6.10. The molecule has 0 atom stereocenters. The molecule has 0 saturated heterocycles. The first-order valence-electron chi connectivity index (χ1n) is 5.59. The van der Waals surface area contributed by atoms with Crippen molar-refractivity contribution in [3.8, 4) is 0 Å². The average molecular weight is 305 g/mol. The number of hydrogen-bond acceptors (Lipinski definition) is 3. The van der Waals surface area contributed by atoms with E-state index in [4.69, 9.17) is 5.11 Å². The van der Waals surface area contributed by atoms with Crippen molar-refractivity contribution in [2.24, 2.45) is 0 Å². The third-order valence-electron chi connectivity index (χ3n) is 2.57. The summed E-state index contributed by atoms with van der Waals surface area (Å²) in [6.07, 6.45) is 1.31. The van der Waals surface area contributed by atoms with Crippen LogP contribution in [0.1, 0.15) is 17.3 Å². The number of sulfonamides is 1. The molecule has 0 bridgehead atoms. The summed E-state index contributed by atoms with van der Waals surface area (Å²) in [6.45, 7) is 4.88. The lowest BCUT2D eigenvalue weighted by Crippen LogP contribution is -2.32. The third-order valence-corrected chi connectivity index (χ3v) is 4.53. The molecule has 1 rings (SSSR count). The Labute approximate surface area is 115 Å². The van der Waals surface area contributed by atoms with Crippen molar-refractivity contribution in [1.29, 1.82) is 0 Å². The molecule has 0 amide bonds. The molecule has 1 N–H and O–H groups in total. The van der Waals surface area contributed by atoms with E-state index in [1.165, 1.54) is 13.0 Å². The quantitative estimate of drug-likeness (QED) is 0.814. The minimum absolute atomic E-state index is 0.0353. The normalized spacial score (nSPS) is 11.6. The molecule has 5 nitrogen and oxygen atoms in total. The first kappa shape index (κ1) is 16.3. The minimum atomic E-state index is -4.26. The highest BCUT2D eigenvalue weighted by Crippen LogP contribution is 2.24. The van der Waals surface area contributed by atoms with Crippen molar-refractivity contribution in [2.45, 2.75) is 11.8 Å². The van der Waals surface area contributed by atoms with Gasteiger partial charge in [0.25, 0.3) is 0 Å². The molecular weight excluding hydrogens is 292 g/mol. The van der Waals surface area contributed by atoms with Crippen LogP contribution in [0.15, 0.2) is 29.7 Å². The molecule has 0 fully saturated rings. The Morgan fingerprint density at radius 2 is 2.05 bits per heavy atom. The molecule has 20 heavy (non-hydrogen) atoms. The van der Waals surface area contributed by atoms with E-state index in [9.17, 15) is 22.0 Å². The maximum atomic E-state index is 14.0. The van der Waals surface area contributed by atoms with Gasteiger partial charge in [-0.2, -0.15) is 4.31 Å². The summed E-state index contributed by atoms with van der Waals surface area (Å²) in [6, 6.07) is 1.32. The van der Waals surface area contributed by atoms with Crippen molar-refractivity contribution in [3.05, 3.63) is 42.0 Å². The Kier molecular flexibility index (Phi) is 4.96.